The second-order valence-corrected chi connectivity index (χ2v) is 5.39. The highest BCUT2D eigenvalue weighted by molar-refractivity contribution is 14.0. The van der Waals surface area contributed by atoms with E-state index in [9.17, 15) is 0 Å². The molecule has 7 heteroatoms. The lowest BCUT2D eigenvalue weighted by atomic mass is 10.2. The molecule has 1 aromatic rings. The molecule has 24 heavy (non-hydrogen) atoms. The fourth-order valence-corrected chi connectivity index (χ4v) is 2.50. The first-order valence-electron chi connectivity index (χ1n) is 8.11. The molecule has 1 aliphatic rings. The van der Waals surface area contributed by atoms with Crippen LogP contribution in [0, 0.1) is 0 Å². The predicted molar refractivity (Wildman–Crippen MR) is 107 cm³/mol. The van der Waals surface area contributed by atoms with Crippen LogP contribution in [0.5, 0.6) is 11.5 Å². The Morgan fingerprint density at radius 2 is 2.12 bits per heavy atom. The number of hydrogen-bond acceptors (Lipinski definition) is 4. The van der Waals surface area contributed by atoms with Gasteiger partial charge in [-0.15, -0.1) is 24.0 Å². The summed E-state index contributed by atoms with van der Waals surface area (Å²) in [7, 11) is 3.30. The number of methoxy groups -OCH3 is 2. The second kappa shape index (κ2) is 11.4. The highest BCUT2D eigenvalue weighted by Crippen LogP contribution is 2.25. The summed E-state index contributed by atoms with van der Waals surface area (Å²) in [5, 5.41) is 6.60. The first-order chi connectivity index (χ1) is 11.3. The second-order valence-electron chi connectivity index (χ2n) is 5.39. The van der Waals surface area contributed by atoms with Gasteiger partial charge in [0, 0.05) is 31.3 Å². The summed E-state index contributed by atoms with van der Waals surface area (Å²) in [6.45, 7) is 5.05. The molecule has 1 aliphatic heterocycles. The molecule has 1 heterocycles. The van der Waals surface area contributed by atoms with Crippen molar-refractivity contribution in [2.75, 3.05) is 33.9 Å². The fraction of sp³-hybridized carbons (Fsp3) is 0.588. The Morgan fingerprint density at radius 3 is 2.75 bits per heavy atom. The van der Waals surface area contributed by atoms with Gasteiger partial charge in [-0.3, -0.25) is 0 Å². The SMILES string of the molecule is CCNC(=NCc1ccc(OC)cc1OC)NCC1CCCO1.I. The molecule has 0 spiro atoms. The molecule has 1 fully saturated rings. The molecular formula is C17H28IN3O3. The van der Waals surface area contributed by atoms with Crippen molar-refractivity contribution in [2.24, 2.45) is 4.99 Å². The van der Waals surface area contributed by atoms with Gasteiger partial charge in [-0.25, -0.2) is 4.99 Å². The van der Waals surface area contributed by atoms with Crippen molar-refractivity contribution in [3.8, 4) is 11.5 Å². The lowest BCUT2D eigenvalue weighted by Gasteiger charge is -2.15. The van der Waals surface area contributed by atoms with E-state index in [1.807, 2.05) is 18.2 Å². The van der Waals surface area contributed by atoms with Gasteiger partial charge in [-0.05, 0) is 31.9 Å². The topological polar surface area (TPSA) is 64.1 Å². The summed E-state index contributed by atoms with van der Waals surface area (Å²) in [6.07, 6.45) is 2.54. The number of guanidine groups is 1. The first kappa shape index (κ1) is 20.8. The summed E-state index contributed by atoms with van der Waals surface area (Å²) in [6, 6.07) is 5.77. The maximum absolute atomic E-state index is 5.63. The lowest BCUT2D eigenvalue weighted by Crippen LogP contribution is -2.41. The molecule has 6 nitrogen and oxygen atoms in total. The van der Waals surface area contributed by atoms with E-state index in [0.29, 0.717) is 6.54 Å². The van der Waals surface area contributed by atoms with Crippen LogP contribution in [0.1, 0.15) is 25.3 Å². The summed E-state index contributed by atoms with van der Waals surface area (Å²) in [5.41, 5.74) is 1.02. The highest BCUT2D eigenvalue weighted by atomic mass is 127. The Hall–Kier alpha value is -1.22. The zero-order chi connectivity index (χ0) is 16.5. The van der Waals surface area contributed by atoms with E-state index < -0.39 is 0 Å². The molecule has 1 atom stereocenters. The zero-order valence-corrected chi connectivity index (χ0v) is 17.0. The Morgan fingerprint density at radius 1 is 1.29 bits per heavy atom. The van der Waals surface area contributed by atoms with E-state index in [-0.39, 0.29) is 30.1 Å². The van der Waals surface area contributed by atoms with Crippen LogP contribution in [-0.2, 0) is 11.3 Å². The van der Waals surface area contributed by atoms with Gasteiger partial charge in [-0.2, -0.15) is 0 Å². The van der Waals surface area contributed by atoms with E-state index in [1.165, 1.54) is 0 Å². The average Bonchev–Trinajstić information content (AvgIpc) is 3.10. The molecule has 1 saturated heterocycles. The zero-order valence-electron chi connectivity index (χ0n) is 14.6. The number of nitrogens with zero attached hydrogens (tertiary/aromatic N) is 1. The van der Waals surface area contributed by atoms with Gasteiger partial charge in [0.1, 0.15) is 11.5 Å². The predicted octanol–water partition coefficient (Wildman–Crippen LogP) is 2.56. The van der Waals surface area contributed by atoms with Crippen molar-refractivity contribution < 1.29 is 14.2 Å². The minimum Gasteiger partial charge on any atom is -0.497 e. The normalized spacial score (nSPS) is 17.1. The van der Waals surface area contributed by atoms with Gasteiger partial charge in [-0.1, -0.05) is 0 Å². The number of rotatable bonds is 7. The number of nitrogens with one attached hydrogen (secondary N) is 2. The molecule has 136 valence electrons. The molecule has 0 aliphatic carbocycles. The third-order valence-corrected chi connectivity index (χ3v) is 3.77. The molecule has 1 aromatic carbocycles. The Balaban J connectivity index is 0.00000288. The standard InChI is InChI=1S/C17H27N3O3.HI/c1-4-18-17(20-12-15-6-5-9-23-15)19-11-13-7-8-14(21-2)10-16(13)22-3;/h7-8,10,15H,4-6,9,11-12H2,1-3H3,(H2,18,19,20);1H. The average molecular weight is 449 g/mol. The molecule has 0 radical (unpaired) electrons. The van der Waals surface area contributed by atoms with Gasteiger partial charge in [0.2, 0.25) is 0 Å². The number of ether oxygens (including phenoxy) is 3. The maximum atomic E-state index is 5.63. The number of hydrogen-bond donors (Lipinski definition) is 2. The van der Waals surface area contributed by atoms with E-state index in [1.54, 1.807) is 14.2 Å². The van der Waals surface area contributed by atoms with Crippen LogP contribution < -0.4 is 20.1 Å². The fourth-order valence-electron chi connectivity index (χ4n) is 2.50. The molecule has 2 N–H and O–H groups in total. The molecule has 0 saturated carbocycles. The van der Waals surface area contributed by atoms with Crippen molar-refractivity contribution in [3.63, 3.8) is 0 Å². The summed E-state index contributed by atoms with van der Waals surface area (Å²) < 4.78 is 16.3. The highest BCUT2D eigenvalue weighted by Gasteiger charge is 2.15. The van der Waals surface area contributed by atoms with Gasteiger partial charge in [0.25, 0.3) is 0 Å². The number of aliphatic imine (C=N–C) groups is 1. The third kappa shape index (κ3) is 6.35. The van der Waals surface area contributed by atoms with Crippen LogP contribution in [0.15, 0.2) is 23.2 Å². The lowest BCUT2D eigenvalue weighted by molar-refractivity contribution is 0.114. The van der Waals surface area contributed by atoms with Crippen LogP contribution in [0.3, 0.4) is 0 Å². The van der Waals surface area contributed by atoms with Crippen molar-refractivity contribution in [1.82, 2.24) is 10.6 Å². The summed E-state index contributed by atoms with van der Waals surface area (Å²) in [4.78, 5) is 4.63. The van der Waals surface area contributed by atoms with Crippen molar-refractivity contribution in [1.29, 1.82) is 0 Å². The van der Waals surface area contributed by atoms with Gasteiger partial charge >= 0.3 is 0 Å². The molecular weight excluding hydrogens is 421 g/mol. The van der Waals surface area contributed by atoms with Crippen LogP contribution >= 0.6 is 24.0 Å². The number of benzene rings is 1. The van der Waals surface area contributed by atoms with Crippen molar-refractivity contribution in [2.45, 2.75) is 32.4 Å². The van der Waals surface area contributed by atoms with E-state index in [0.717, 1.165) is 55.6 Å². The smallest absolute Gasteiger partial charge is 0.191 e. The Labute approximate surface area is 161 Å². The van der Waals surface area contributed by atoms with Crippen molar-refractivity contribution >= 4 is 29.9 Å². The number of halogens is 1. The summed E-state index contributed by atoms with van der Waals surface area (Å²) in [5.74, 6) is 2.35. The van der Waals surface area contributed by atoms with E-state index in [2.05, 4.69) is 22.5 Å². The van der Waals surface area contributed by atoms with Crippen LogP contribution in [0.2, 0.25) is 0 Å². The van der Waals surface area contributed by atoms with E-state index >= 15 is 0 Å². The molecule has 0 amide bonds. The molecule has 0 aromatic heterocycles. The molecule has 1 unspecified atom stereocenters. The quantitative estimate of drug-likeness (QED) is 0.381. The Kier molecular flexibility index (Phi) is 9.85. The minimum atomic E-state index is 0. The molecule has 2 rings (SSSR count). The summed E-state index contributed by atoms with van der Waals surface area (Å²) >= 11 is 0. The van der Waals surface area contributed by atoms with Crippen LogP contribution in [0.25, 0.3) is 0 Å². The largest absolute Gasteiger partial charge is 0.497 e. The van der Waals surface area contributed by atoms with Gasteiger partial charge in [0.15, 0.2) is 5.96 Å². The maximum Gasteiger partial charge on any atom is 0.191 e. The van der Waals surface area contributed by atoms with Crippen LogP contribution in [0.4, 0.5) is 0 Å². The van der Waals surface area contributed by atoms with E-state index in [4.69, 9.17) is 14.2 Å². The minimum absolute atomic E-state index is 0. The first-order valence-corrected chi connectivity index (χ1v) is 8.11. The van der Waals surface area contributed by atoms with Crippen LogP contribution in [-0.4, -0.2) is 46.0 Å². The van der Waals surface area contributed by atoms with Crippen molar-refractivity contribution in [3.05, 3.63) is 23.8 Å². The Bertz CT molecular complexity index is 520. The monoisotopic (exact) mass is 449 g/mol. The van der Waals surface area contributed by atoms with Gasteiger partial charge in [0.05, 0.1) is 26.9 Å². The molecule has 0 bridgehead atoms. The third-order valence-electron chi connectivity index (χ3n) is 3.77. The van der Waals surface area contributed by atoms with Gasteiger partial charge < -0.3 is 24.8 Å².